The molecule has 0 aromatic heterocycles. The van der Waals surface area contributed by atoms with E-state index in [0.29, 0.717) is 6.54 Å². The Morgan fingerprint density at radius 1 is 1.26 bits per heavy atom. The highest BCUT2D eigenvalue weighted by Crippen LogP contribution is 2.24. The first-order chi connectivity index (χ1) is 9.31. The van der Waals surface area contributed by atoms with Crippen molar-refractivity contribution in [3.05, 3.63) is 35.9 Å². The Kier molecular flexibility index (Phi) is 5.21. The minimum Gasteiger partial charge on any atom is -0.445 e. The molecule has 19 heavy (non-hydrogen) atoms. The quantitative estimate of drug-likeness (QED) is 0.888. The first kappa shape index (κ1) is 13.9. The van der Waals surface area contributed by atoms with Crippen molar-refractivity contribution in [1.29, 1.82) is 0 Å². The van der Waals surface area contributed by atoms with Gasteiger partial charge in [-0.05, 0) is 18.4 Å². The van der Waals surface area contributed by atoms with E-state index in [-0.39, 0.29) is 25.3 Å². The number of carbonyl (C=O) groups is 1. The van der Waals surface area contributed by atoms with Crippen LogP contribution in [0.4, 0.5) is 4.79 Å². The van der Waals surface area contributed by atoms with Crippen molar-refractivity contribution in [3.8, 4) is 0 Å². The molecule has 4 nitrogen and oxygen atoms in total. The Balaban J connectivity index is 1.88. The number of hydrogen-bond donors (Lipinski definition) is 1. The van der Waals surface area contributed by atoms with Crippen LogP contribution in [0.2, 0.25) is 0 Å². The van der Waals surface area contributed by atoms with Gasteiger partial charge < -0.3 is 14.7 Å². The molecule has 0 atom stereocenters. The maximum absolute atomic E-state index is 12.1. The lowest BCUT2D eigenvalue weighted by molar-refractivity contribution is 0.0725. The normalized spacial score (nSPS) is 15.4. The predicted molar refractivity (Wildman–Crippen MR) is 72.7 cm³/mol. The number of amides is 1. The lowest BCUT2D eigenvalue weighted by Crippen LogP contribution is -2.41. The zero-order valence-corrected chi connectivity index (χ0v) is 11.1. The van der Waals surface area contributed by atoms with Gasteiger partial charge >= 0.3 is 6.09 Å². The van der Waals surface area contributed by atoms with E-state index in [2.05, 4.69) is 0 Å². The van der Waals surface area contributed by atoms with Gasteiger partial charge in [-0.3, -0.25) is 0 Å². The Hall–Kier alpha value is -1.55. The molecule has 0 bridgehead atoms. The Morgan fingerprint density at radius 3 is 2.58 bits per heavy atom. The van der Waals surface area contributed by atoms with E-state index in [1.54, 1.807) is 4.90 Å². The predicted octanol–water partition coefficient (Wildman–Crippen LogP) is 2.56. The molecule has 1 aromatic rings. The summed E-state index contributed by atoms with van der Waals surface area (Å²) in [4.78, 5) is 13.8. The molecule has 4 heteroatoms. The number of hydrogen-bond acceptors (Lipinski definition) is 3. The summed E-state index contributed by atoms with van der Waals surface area (Å²) in [6.45, 7) is 0.629. The minimum absolute atomic E-state index is 0.0169. The van der Waals surface area contributed by atoms with Crippen LogP contribution < -0.4 is 0 Å². The van der Waals surface area contributed by atoms with Crippen molar-refractivity contribution in [2.24, 2.45) is 0 Å². The average molecular weight is 263 g/mol. The van der Waals surface area contributed by atoms with Gasteiger partial charge in [-0.15, -0.1) is 0 Å². The molecule has 1 aliphatic rings. The third kappa shape index (κ3) is 3.96. The molecule has 1 fully saturated rings. The van der Waals surface area contributed by atoms with E-state index in [9.17, 15) is 4.79 Å². The summed E-state index contributed by atoms with van der Waals surface area (Å²) in [5.41, 5.74) is 0.978. The van der Waals surface area contributed by atoms with Gasteiger partial charge in [-0.2, -0.15) is 0 Å². The third-order valence-corrected chi connectivity index (χ3v) is 3.55. The van der Waals surface area contributed by atoms with E-state index in [1.165, 1.54) is 0 Å². The van der Waals surface area contributed by atoms with Gasteiger partial charge in [0.05, 0.1) is 6.61 Å². The summed E-state index contributed by atoms with van der Waals surface area (Å²) in [6.07, 6.45) is 4.02. The van der Waals surface area contributed by atoms with E-state index in [1.807, 2.05) is 30.3 Å². The number of aliphatic hydroxyl groups is 1. The Bertz CT molecular complexity index is 388. The highest BCUT2D eigenvalue weighted by atomic mass is 16.6. The molecule has 1 aliphatic carbocycles. The molecule has 0 saturated heterocycles. The van der Waals surface area contributed by atoms with Crippen LogP contribution in [0.5, 0.6) is 0 Å². The van der Waals surface area contributed by atoms with Crippen LogP contribution in [0.3, 0.4) is 0 Å². The average Bonchev–Trinajstić information content (AvgIpc) is 2.97. The molecule has 1 saturated carbocycles. The van der Waals surface area contributed by atoms with E-state index < -0.39 is 0 Å². The third-order valence-electron chi connectivity index (χ3n) is 3.55. The Morgan fingerprint density at radius 2 is 1.95 bits per heavy atom. The fourth-order valence-electron chi connectivity index (χ4n) is 2.55. The van der Waals surface area contributed by atoms with Crippen LogP contribution in [0.15, 0.2) is 30.3 Å². The van der Waals surface area contributed by atoms with E-state index >= 15 is 0 Å². The van der Waals surface area contributed by atoms with Crippen molar-refractivity contribution < 1.29 is 14.6 Å². The highest BCUT2D eigenvalue weighted by molar-refractivity contribution is 5.68. The highest BCUT2D eigenvalue weighted by Gasteiger charge is 2.27. The fourth-order valence-corrected chi connectivity index (χ4v) is 2.55. The molecule has 0 unspecified atom stereocenters. The maximum Gasteiger partial charge on any atom is 0.410 e. The van der Waals surface area contributed by atoms with Crippen molar-refractivity contribution in [3.63, 3.8) is 0 Å². The van der Waals surface area contributed by atoms with Crippen LogP contribution in [0.1, 0.15) is 31.2 Å². The summed E-state index contributed by atoms with van der Waals surface area (Å²) in [5.74, 6) is 0. The first-order valence-electron chi connectivity index (χ1n) is 6.89. The molecule has 0 radical (unpaired) electrons. The lowest BCUT2D eigenvalue weighted by Gasteiger charge is -2.27. The van der Waals surface area contributed by atoms with E-state index in [4.69, 9.17) is 9.84 Å². The monoisotopic (exact) mass is 263 g/mol. The molecule has 104 valence electrons. The molecule has 0 heterocycles. The SMILES string of the molecule is O=C(OCc1ccccc1)N(CCO)C1CCCC1. The second-order valence-corrected chi connectivity index (χ2v) is 4.90. The molecule has 0 spiro atoms. The maximum atomic E-state index is 12.1. The zero-order chi connectivity index (χ0) is 13.5. The smallest absolute Gasteiger partial charge is 0.410 e. The first-order valence-corrected chi connectivity index (χ1v) is 6.89. The second-order valence-electron chi connectivity index (χ2n) is 4.90. The fraction of sp³-hybridized carbons (Fsp3) is 0.533. The van der Waals surface area contributed by atoms with Crippen LogP contribution in [0.25, 0.3) is 0 Å². The number of carbonyl (C=O) groups excluding carboxylic acids is 1. The van der Waals surface area contributed by atoms with Crippen molar-refractivity contribution >= 4 is 6.09 Å². The van der Waals surface area contributed by atoms with Gasteiger partial charge in [-0.1, -0.05) is 43.2 Å². The van der Waals surface area contributed by atoms with Gasteiger partial charge in [-0.25, -0.2) is 4.79 Å². The van der Waals surface area contributed by atoms with Crippen LogP contribution in [0, 0.1) is 0 Å². The number of rotatable bonds is 5. The topological polar surface area (TPSA) is 49.8 Å². The summed E-state index contributed by atoms with van der Waals surface area (Å²) < 4.78 is 5.33. The van der Waals surface area contributed by atoms with Crippen LogP contribution in [-0.2, 0) is 11.3 Å². The van der Waals surface area contributed by atoms with Crippen LogP contribution >= 0.6 is 0 Å². The standard InChI is InChI=1S/C15H21NO3/c17-11-10-16(14-8-4-5-9-14)15(18)19-12-13-6-2-1-3-7-13/h1-3,6-7,14,17H,4-5,8-12H2. The van der Waals surface area contributed by atoms with Gasteiger partial charge in [0.2, 0.25) is 0 Å². The number of ether oxygens (including phenoxy) is 1. The molecule has 2 rings (SSSR count). The van der Waals surface area contributed by atoms with Crippen LogP contribution in [-0.4, -0.2) is 35.3 Å². The lowest BCUT2D eigenvalue weighted by atomic mass is 10.2. The van der Waals surface area contributed by atoms with Gasteiger partial charge in [0.1, 0.15) is 6.61 Å². The molecule has 1 N–H and O–H groups in total. The van der Waals surface area contributed by atoms with Gasteiger partial charge in [0, 0.05) is 12.6 Å². The Labute approximate surface area is 114 Å². The minimum atomic E-state index is -0.315. The number of benzene rings is 1. The number of nitrogens with zero attached hydrogens (tertiary/aromatic N) is 1. The molecule has 0 aliphatic heterocycles. The van der Waals surface area contributed by atoms with Gasteiger partial charge in [0.15, 0.2) is 0 Å². The summed E-state index contributed by atoms with van der Waals surface area (Å²) in [7, 11) is 0. The zero-order valence-electron chi connectivity index (χ0n) is 11.1. The summed E-state index contributed by atoms with van der Waals surface area (Å²) in [6, 6.07) is 9.87. The summed E-state index contributed by atoms with van der Waals surface area (Å²) >= 11 is 0. The number of aliphatic hydroxyl groups excluding tert-OH is 1. The largest absolute Gasteiger partial charge is 0.445 e. The van der Waals surface area contributed by atoms with Crippen molar-refractivity contribution in [2.75, 3.05) is 13.2 Å². The second kappa shape index (κ2) is 7.14. The molecular weight excluding hydrogens is 242 g/mol. The molecular formula is C15H21NO3. The van der Waals surface area contributed by atoms with Gasteiger partial charge in [0.25, 0.3) is 0 Å². The van der Waals surface area contributed by atoms with Crippen molar-refractivity contribution in [1.82, 2.24) is 4.90 Å². The molecule has 1 aromatic carbocycles. The van der Waals surface area contributed by atoms with E-state index in [0.717, 1.165) is 31.2 Å². The van der Waals surface area contributed by atoms with Crippen molar-refractivity contribution in [2.45, 2.75) is 38.3 Å². The molecule has 1 amide bonds. The summed E-state index contributed by atoms with van der Waals surface area (Å²) in [5, 5.41) is 9.08.